The molecule has 0 saturated heterocycles. The van der Waals surface area contributed by atoms with Crippen molar-refractivity contribution in [3.05, 3.63) is 24.3 Å². The quantitative estimate of drug-likeness (QED) is 0.721. The predicted molar refractivity (Wildman–Crippen MR) is 103 cm³/mol. The second-order valence-corrected chi connectivity index (χ2v) is 7.12. The first-order valence-corrected chi connectivity index (χ1v) is 9.77. The molecule has 2 aliphatic rings. The van der Waals surface area contributed by atoms with Crippen molar-refractivity contribution < 1.29 is 28.7 Å². The summed E-state index contributed by atoms with van der Waals surface area (Å²) in [7, 11) is 0. The Bertz CT molecular complexity index is 790. The van der Waals surface area contributed by atoms with E-state index in [1.165, 1.54) is 11.8 Å². The molecule has 1 atom stereocenters. The summed E-state index contributed by atoms with van der Waals surface area (Å²) in [5.41, 5.74) is 0.472. The zero-order valence-electron chi connectivity index (χ0n) is 16.3. The highest BCUT2D eigenvalue weighted by Crippen LogP contribution is 2.30. The van der Waals surface area contributed by atoms with Gasteiger partial charge in [-0.1, -0.05) is 25.0 Å². The summed E-state index contributed by atoms with van der Waals surface area (Å²) in [6.45, 7) is 1.23. The van der Waals surface area contributed by atoms with Crippen molar-refractivity contribution in [2.24, 2.45) is 0 Å². The van der Waals surface area contributed by atoms with Crippen LogP contribution in [0.1, 0.15) is 39.0 Å². The van der Waals surface area contributed by atoms with Gasteiger partial charge >= 0.3 is 12.0 Å². The van der Waals surface area contributed by atoms with E-state index >= 15 is 0 Å². The molecule has 0 unspecified atom stereocenters. The van der Waals surface area contributed by atoms with Gasteiger partial charge in [0, 0.05) is 6.04 Å². The molecule has 1 heterocycles. The summed E-state index contributed by atoms with van der Waals surface area (Å²) in [5.74, 6) is -1.26. The van der Waals surface area contributed by atoms with Crippen molar-refractivity contribution in [2.45, 2.75) is 51.2 Å². The van der Waals surface area contributed by atoms with Crippen LogP contribution in [0, 0.1) is 0 Å². The molecule has 1 aromatic rings. The van der Waals surface area contributed by atoms with Crippen LogP contribution in [0.3, 0.4) is 0 Å². The van der Waals surface area contributed by atoms with E-state index in [0.29, 0.717) is 11.4 Å². The summed E-state index contributed by atoms with van der Waals surface area (Å²) >= 11 is 0. The number of ether oxygens (including phenoxy) is 2. The Morgan fingerprint density at radius 1 is 1.24 bits per heavy atom. The molecule has 0 radical (unpaired) electrons. The highest BCUT2D eigenvalue weighted by atomic mass is 16.5. The Hall–Kier alpha value is -3.10. The topological polar surface area (TPSA) is 114 Å². The van der Waals surface area contributed by atoms with E-state index in [-0.39, 0.29) is 31.5 Å². The number of para-hydroxylation sites is 2. The van der Waals surface area contributed by atoms with Crippen LogP contribution >= 0.6 is 0 Å². The first-order valence-electron chi connectivity index (χ1n) is 9.77. The Labute approximate surface area is 168 Å². The lowest BCUT2D eigenvalue weighted by Crippen LogP contribution is -2.48. The smallest absolute Gasteiger partial charge is 0.326 e. The Kier molecular flexibility index (Phi) is 6.69. The number of carbonyl (C=O) groups is 4. The first-order chi connectivity index (χ1) is 13.9. The van der Waals surface area contributed by atoms with Crippen LogP contribution in [0.25, 0.3) is 0 Å². The predicted octanol–water partition coefficient (Wildman–Crippen LogP) is 1.50. The number of rotatable bonds is 5. The molecule has 0 bridgehead atoms. The standard InChI is InChI=1S/C20H25N3O6/c1-13(19(26)22-20(27)21-14-6-2-3-7-14)29-18(25)12-23-15-8-4-5-9-16(15)28-11-10-17(23)24/h4-5,8-9,13-14H,2-3,6-7,10-12H2,1H3,(H2,21,22,26,27)/t13-/m1/s1. The van der Waals surface area contributed by atoms with Crippen LogP contribution in [0.5, 0.6) is 5.75 Å². The van der Waals surface area contributed by atoms with Crippen LogP contribution in [0.4, 0.5) is 10.5 Å². The Morgan fingerprint density at radius 3 is 2.72 bits per heavy atom. The summed E-state index contributed by atoms with van der Waals surface area (Å²) in [6, 6.07) is 6.36. The molecule has 29 heavy (non-hydrogen) atoms. The van der Waals surface area contributed by atoms with E-state index in [0.717, 1.165) is 25.7 Å². The third-order valence-electron chi connectivity index (χ3n) is 4.92. The van der Waals surface area contributed by atoms with E-state index in [9.17, 15) is 19.2 Å². The van der Waals surface area contributed by atoms with Crippen LogP contribution in [-0.2, 0) is 19.1 Å². The van der Waals surface area contributed by atoms with Gasteiger partial charge in [0.1, 0.15) is 12.3 Å². The fourth-order valence-electron chi connectivity index (χ4n) is 3.42. The fourth-order valence-corrected chi connectivity index (χ4v) is 3.42. The number of esters is 1. The molecule has 156 valence electrons. The second kappa shape index (κ2) is 9.40. The van der Waals surface area contributed by atoms with Gasteiger partial charge in [-0.25, -0.2) is 4.79 Å². The van der Waals surface area contributed by atoms with Gasteiger partial charge in [-0.05, 0) is 31.9 Å². The van der Waals surface area contributed by atoms with Crippen molar-refractivity contribution >= 4 is 29.5 Å². The summed E-state index contributed by atoms with van der Waals surface area (Å²) in [4.78, 5) is 50.0. The molecule has 0 aromatic heterocycles. The van der Waals surface area contributed by atoms with Crippen LogP contribution < -0.4 is 20.3 Å². The Balaban J connectivity index is 1.53. The third kappa shape index (κ3) is 5.46. The van der Waals surface area contributed by atoms with Crippen molar-refractivity contribution in [3.63, 3.8) is 0 Å². The van der Waals surface area contributed by atoms with E-state index in [4.69, 9.17) is 9.47 Å². The zero-order chi connectivity index (χ0) is 20.8. The highest BCUT2D eigenvalue weighted by molar-refractivity contribution is 6.00. The molecule has 1 aliphatic heterocycles. The first kappa shape index (κ1) is 20.6. The number of hydrogen-bond donors (Lipinski definition) is 2. The number of nitrogens with one attached hydrogen (secondary N) is 2. The third-order valence-corrected chi connectivity index (χ3v) is 4.92. The van der Waals surface area contributed by atoms with Crippen molar-refractivity contribution in [3.8, 4) is 5.75 Å². The molecule has 1 aromatic carbocycles. The average Bonchev–Trinajstić information content (AvgIpc) is 3.13. The number of benzene rings is 1. The molecule has 2 N–H and O–H groups in total. The maximum Gasteiger partial charge on any atom is 0.326 e. The number of fused-ring (bicyclic) bond motifs is 1. The highest BCUT2D eigenvalue weighted by Gasteiger charge is 2.28. The maximum absolute atomic E-state index is 12.3. The molecule has 1 saturated carbocycles. The molecule has 1 aliphatic carbocycles. The number of urea groups is 1. The van der Waals surface area contributed by atoms with Gasteiger partial charge in [-0.2, -0.15) is 0 Å². The molecule has 9 heteroatoms. The van der Waals surface area contributed by atoms with Crippen LogP contribution in [0.15, 0.2) is 24.3 Å². The fraction of sp³-hybridized carbons (Fsp3) is 0.500. The largest absolute Gasteiger partial charge is 0.491 e. The van der Waals surface area contributed by atoms with Gasteiger partial charge in [-0.3, -0.25) is 24.6 Å². The number of anilines is 1. The number of imide groups is 1. The molecule has 3 rings (SSSR count). The monoisotopic (exact) mass is 403 g/mol. The number of amides is 4. The maximum atomic E-state index is 12.3. The normalized spacial score (nSPS) is 17.6. The van der Waals surface area contributed by atoms with Crippen molar-refractivity contribution in [1.29, 1.82) is 0 Å². The van der Waals surface area contributed by atoms with E-state index in [1.54, 1.807) is 24.3 Å². The Morgan fingerprint density at radius 2 is 1.97 bits per heavy atom. The van der Waals surface area contributed by atoms with Gasteiger partial charge in [0.05, 0.1) is 18.7 Å². The average molecular weight is 403 g/mol. The molecular formula is C20H25N3O6. The molecule has 0 spiro atoms. The lowest BCUT2D eigenvalue weighted by Gasteiger charge is -2.22. The van der Waals surface area contributed by atoms with Gasteiger partial charge in [0.2, 0.25) is 5.91 Å². The minimum atomic E-state index is -1.18. The number of carbonyl (C=O) groups excluding carboxylic acids is 4. The minimum Gasteiger partial charge on any atom is -0.491 e. The van der Waals surface area contributed by atoms with Gasteiger partial charge in [0.25, 0.3) is 5.91 Å². The summed E-state index contributed by atoms with van der Waals surface area (Å²) in [6.07, 6.45) is 2.83. The minimum absolute atomic E-state index is 0.0667. The SMILES string of the molecule is C[C@@H](OC(=O)CN1C(=O)CCOc2ccccc21)C(=O)NC(=O)NC1CCCC1. The van der Waals surface area contributed by atoms with Crippen LogP contribution in [0.2, 0.25) is 0 Å². The van der Waals surface area contributed by atoms with Crippen LogP contribution in [-0.4, -0.2) is 49.1 Å². The summed E-state index contributed by atoms with van der Waals surface area (Å²) < 4.78 is 10.6. The lowest BCUT2D eigenvalue weighted by atomic mass is 10.2. The van der Waals surface area contributed by atoms with Crippen molar-refractivity contribution in [1.82, 2.24) is 10.6 Å². The van der Waals surface area contributed by atoms with Gasteiger partial charge in [-0.15, -0.1) is 0 Å². The summed E-state index contributed by atoms with van der Waals surface area (Å²) in [5, 5.41) is 4.91. The molecule has 1 fully saturated rings. The van der Waals surface area contributed by atoms with Crippen molar-refractivity contribution in [2.75, 3.05) is 18.1 Å². The zero-order valence-corrected chi connectivity index (χ0v) is 16.3. The van der Waals surface area contributed by atoms with E-state index in [1.807, 2.05) is 0 Å². The number of nitrogens with zero attached hydrogens (tertiary/aromatic N) is 1. The van der Waals surface area contributed by atoms with Gasteiger partial charge < -0.3 is 14.8 Å². The lowest BCUT2D eigenvalue weighted by molar-refractivity contribution is -0.153. The van der Waals surface area contributed by atoms with E-state index in [2.05, 4.69) is 10.6 Å². The van der Waals surface area contributed by atoms with Gasteiger partial charge in [0.15, 0.2) is 6.10 Å². The second-order valence-electron chi connectivity index (χ2n) is 7.12. The number of hydrogen-bond acceptors (Lipinski definition) is 6. The molecule has 4 amide bonds. The molecular weight excluding hydrogens is 378 g/mol. The van der Waals surface area contributed by atoms with E-state index < -0.39 is 24.0 Å². The molecule has 9 nitrogen and oxygen atoms in total.